The summed E-state index contributed by atoms with van der Waals surface area (Å²) in [4.78, 5) is 21.8. The standard InChI is InChI=1S/C23H26N4O2S/c1-17-7-9-19(10-8-17)22(28)26-11-4-12-27(14-13-26)23-24-21(25-30-23)16-18-5-3-6-20(15-18)29-2/h3,5-10,15H,4,11-14,16H2,1-2H3. The van der Waals surface area contributed by atoms with Gasteiger partial charge in [-0.05, 0) is 43.2 Å². The SMILES string of the molecule is COc1cccc(Cc2nsc(N3CCCN(C(=O)c4ccc(C)cc4)CC3)n2)c1. The predicted molar refractivity (Wildman–Crippen MR) is 120 cm³/mol. The number of benzene rings is 2. The first kappa shape index (κ1) is 20.3. The molecule has 1 amide bonds. The Hall–Kier alpha value is -2.93. The van der Waals surface area contributed by atoms with Crippen molar-refractivity contribution >= 4 is 22.6 Å². The first-order chi connectivity index (χ1) is 14.6. The van der Waals surface area contributed by atoms with Crippen LogP contribution in [0.2, 0.25) is 0 Å². The van der Waals surface area contributed by atoms with E-state index in [1.807, 2.05) is 54.3 Å². The van der Waals surface area contributed by atoms with E-state index in [2.05, 4.69) is 15.3 Å². The molecule has 3 aromatic rings. The third-order valence-electron chi connectivity index (χ3n) is 5.31. The summed E-state index contributed by atoms with van der Waals surface area (Å²) in [7, 11) is 1.67. The van der Waals surface area contributed by atoms with Gasteiger partial charge in [-0.1, -0.05) is 29.8 Å². The van der Waals surface area contributed by atoms with E-state index >= 15 is 0 Å². The van der Waals surface area contributed by atoms with Crippen LogP contribution in [0.5, 0.6) is 5.75 Å². The van der Waals surface area contributed by atoms with Crippen molar-refractivity contribution in [2.75, 3.05) is 38.2 Å². The van der Waals surface area contributed by atoms with Crippen LogP contribution in [0.3, 0.4) is 0 Å². The van der Waals surface area contributed by atoms with E-state index in [0.29, 0.717) is 13.0 Å². The van der Waals surface area contributed by atoms with Crippen molar-refractivity contribution in [3.8, 4) is 5.75 Å². The molecule has 1 aromatic heterocycles. The summed E-state index contributed by atoms with van der Waals surface area (Å²) in [6.07, 6.45) is 1.60. The van der Waals surface area contributed by atoms with Crippen LogP contribution in [-0.4, -0.2) is 53.5 Å². The van der Waals surface area contributed by atoms with Crippen LogP contribution >= 0.6 is 11.5 Å². The maximum Gasteiger partial charge on any atom is 0.253 e. The second-order valence-electron chi connectivity index (χ2n) is 7.52. The Morgan fingerprint density at radius 3 is 2.73 bits per heavy atom. The Morgan fingerprint density at radius 1 is 1.10 bits per heavy atom. The highest BCUT2D eigenvalue weighted by atomic mass is 32.1. The average Bonchev–Trinajstić information content (AvgIpc) is 3.08. The first-order valence-corrected chi connectivity index (χ1v) is 11.0. The quantitative estimate of drug-likeness (QED) is 0.626. The number of methoxy groups -OCH3 is 1. The van der Waals surface area contributed by atoms with Crippen LogP contribution in [0, 0.1) is 6.92 Å². The van der Waals surface area contributed by atoms with Crippen molar-refractivity contribution < 1.29 is 9.53 Å². The third kappa shape index (κ3) is 4.79. The van der Waals surface area contributed by atoms with E-state index in [1.54, 1.807) is 7.11 Å². The minimum Gasteiger partial charge on any atom is -0.497 e. The number of carbonyl (C=O) groups is 1. The molecule has 1 saturated heterocycles. The molecule has 0 unspecified atom stereocenters. The number of hydrogen-bond acceptors (Lipinski definition) is 6. The van der Waals surface area contributed by atoms with Gasteiger partial charge in [0.1, 0.15) is 11.6 Å². The van der Waals surface area contributed by atoms with Crippen molar-refractivity contribution in [1.29, 1.82) is 0 Å². The summed E-state index contributed by atoms with van der Waals surface area (Å²) in [6.45, 7) is 5.13. The van der Waals surface area contributed by atoms with Crippen LogP contribution in [0.25, 0.3) is 0 Å². The average molecular weight is 423 g/mol. The van der Waals surface area contributed by atoms with E-state index in [-0.39, 0.29) is 5.91 Å². The summed E-state index contributed by atoms with van der Waals surface area (Å²) in [6, 6.07) is 15.8. The van der Waals surface area contributed by atoms with Gasteiger partial charge in [-0.2, -0.15) is 4.37 Å². The molecule has 1 aliphatic rings. The van der Waals surface area contributed by atoms with Gasteiger partial charge in [0, 0.05) is 49.7 Å². The summed E-state index contributed by atoms with van der Waals surface area (Å²) < 4.78 is 9.85. The number of hydrogen-bond donors (Lipinski definition) is 0. The number of carbonyl (C=O) groups excluding carboxylic acids is 1. The lowest BCUT2D eigenvalue weighted by molar-refractivity contribution is 0.0767. The molecule has 0 bridgehead atoms. The van der Waals surface area contributed by atoms with Gasteiger partial charge in [0.2, 0.25) is 5.13 Å². The van der Waals surface area contributed by atoms with E-state index < -0.39 is 0 Å². The number of aromatic nitrogens is 2. The molecule has 156 valence electrons. The molecule has 1 aliphatic heterocycles. The smallest absolute Gasteiger partial charge is 0.253 e. The number of anilines is 1. The Balaban J connectivity index is 1.38. The molecule has 0 atom stereocenters. The van der Waals surface area contributed by atoms with Gasteiger partial charge in [0.25, 0.3) is 5.91 Å². The van der Waals surface area contributed by atoms with Crippen LogP contribution in [0.1, 0.15) is 33.7 Å². The Labute approximate surface area is 181 Å². The molecule has 7 heteroatoms. The first-order valence-electron chi connectivity index (χ1n) is 10.2. The number of amides is 1. The van der Waals surface area contributed by atoms with Gasteiger partial charge >= 0.3 is 0 Å². The van der Waals surface area contributed by atoms with E-state index in [1.165, 1.54) is 11.5 Å². The van der Waals surface area contributed by atoms with Gasteiger partial charge < -0.3 is 14.5 Å². The van der Waals surface area contributed by atoms with Crippen molar-refractivity contribution in [2.24, 2.45) is 0 Å². The molecule has 0 saturated carbocycles. The highest BCUT2D eigenvalue weighted by Gasteiger charge is 2.22. The van der Waals surface area contributed by atoms with Crippen LogP contribution in [-0.2, 0) is 6.42 Å². The fourth-order valence-corrected chi connectivity index (χ4v) is 4.34. The van der Waals surface area contributed by atoms with Crippen LogP contribution in [0.15, 0.2) is 48.5 Å². The molecular formula is C23H26N4O2S. The molecule has 0 radical (unpaired) electrons. The maximum atomic E-state index is 12.8. The van der Waals surface area contributed by atoms with Crippen LogP contribution in [0.4, 0.5) is 5.13 Å². The zero-order valence-electron chi connectivity index (χ0n) is 17.4. The van der Waals surface area contributed by atoms with Crippen molar-refractivity contribution in [1.82, 2.24) is 14.3 Å². The maximum absolute atomic E-state index is 12.8. The largest absolute Gasteiger partial charge is 0.497 e. The normalized spacial score (nSPS) is 14.5. The van der Waals surface area contributed by atoms with E-state index in [9.17, 15) is 4.79 Å². The molecule has 0 N–H and O–H groups in total. The summed E-state index contributed by atoms with van der Waals surface area (Å²) in [5, 5.41) is 0.928. The molecular weight excluding hydrogens is 396 g/mol. The van der Waals surface area contributed by atoms with Gasteiger partial charge in [-0.15, -0.1) is 0 Å². The summed E-state index contributed by atoms with van der Waals surface area (Å²) in [5.41, 5.74) is 3.05. The fourth-order valence-electron chi connectivity index (χ4n) is 3.60. The van der Waals surface area contributed by atoms with Crippen molar-refractivity contribution in [3.63, 3.8) is 0 Å². The Kier molecular flexibility index (Phi) is 6.28. The lowest BCUT2D eigenvalue weighted by Gasteiger charge is -2.21. The molecule has 2 aromatic carbocycles. The Bertz CT molecular complexity index is 1000. The van der Waals surface area contributed by atoms with Crippen molar-refractivity contribution in [2.45, 2.75) is 19.8 Å². The zero-order chi connectivity index (χ0) is 20.9. The molecule has 0 spiro atoms. The second-order valence-corrected chi connectivity index (χ2v) is 8.25. The molecule has 0 aliphatic carbocycles. The van der Waals surface area contributed by atoms with Crippen LogP contribution < -0.4 is 9.64 Å². The number of ether oxygens (including phenoxy) is 1. The molecule has 6 nitrogen and oxygen atoms in total. The zero-order valence-corrected chi connectivity index (χ0v) is 18.2. The minimum atomic E-state index is 0.104. The van der Waals surface area contributed by atoms with Gasteiger partial charge in [-0.3, -0.25) is 4.79 Å². The van der Waals surface area contributed by atoms with Gasteiger partial charge in [-0.25, -0.2) is 4.98 Å². The Morgan fingerprint density at radius 2 is 1.93 bits per heavy atom. The fraction of sp³-hybridized carbons (Fsp3) is 0.348. The van der Waals surface area contributed by atoms with Crippen molar-refractivity contribution in [3.05, 3.63) is 71.0 Å². The summed E-state index contributed by atoms with van der Waals surface area (Å²) >= 11 is 1.43. The molecule has 30 heavy (non-hydrogen) atoms. The van der Waals surface area contributed by atoms with E-state index in [0.717, 1.165) is 59.5 Å². The lowest BCUT2D eigenvalue weighted by atomic mass is 10.1. The second kappa shape index (κ2) is 9.26. The molecule has 4 rings (SSSR count). The lowest BCUT2D eigenvalue weighted by Crippen LogP contribution is -2.35. The highest BCUT2D eigenvalue weighted by molar-refractivity contribution is 7.09. The van der Waals surface area contributed by atoms with E-state index in [4.69, 9.17) is 9.72 Å². The van der Waals surface area contributed by atoms with Gasteiger partial charge in [0.15, 0.2) is 0 Å². The molecule has 2 heterocycles. The minimum absolute atomic E-state index is 0.104. The number of nitrogens with zero attached hydrogens (tertiary/aromatic N) is 4. The topological polar surface area (TPSA) is 58.6 Å². The highest BCUT2D eigenvalue weighted by Crippen LogP contribution is 2.22. The predicted octanol–water partition coefficient (Wildman–Crippen LogP) is 3.80. The summed E-state index contributed by atoms with van der Waals surface area (Å²) in [5.74, 6) is 1.77. The third-order valence-corrected chi connectivity index (χ3v) is 6.12. The number of aryl methyl sites for hydroxylation is 1. The number of rotatable bonds is 5. The van der Waals surface area contributed by atoms with Gasteiger partial charge in [0.05, 0.1) is 7.11 Å². The monoisotopic (exact) mass is 422 g/mol. The molecule has 1 fully saturated rings.